The zero-order valence-electron chi connectivity index (χ0n) is 27.5. The molecule has 0 spiro atoms. The number of nitrogens with one attached hydrogen (secondary N) is 3. The van der Waals surface area contributed by atoms with Gasteiger partial charge in [-0.05, 0) is 83.1 Å². The van der Waals surface area contributed by atoms with Gasteiger partial charge in [-0.3, -0.25) is 0 Å². The van der Waals surface area contributed by atoms with Gasteiger partial charge >= 0.3 is 54.2 Å². The average Bonchev–Trinajstić information content (AvgIpc) is 2.79. The van der Waals surface area contributed by atoms with Crippen LogP contribution in [-0.2, 0) is 28.6 Å². The highest BCUT2D eigenvalue weighted by molar-refractivity contribution is 5.84. The van der Waals surface area contributed by atoms with Crippen LogP contribution in [0.5, 0.6) is 18.0 Å². The SMILES string of the molecule is C[C@H](NC(=O)OC(C)(C)C)C(=O)Oc1nc(OC(=O)[C@H](C)NC(=O)OC(C)(C)C)nc(OC(=O)[C@H](C)NC(=O)OC(C)(C)C)n1. The van der Waals surface area contributed by atoms with Crippen molar-refractivity contribution >= 4 is 36.2 Å². The van der Waals surface area contributed by atoms with E-state index in [4.69, 9.17) is 28.4 Å². The zero-order chi connectivity index (χ0) is 34.9. The van der Waals surface area contributed by atoms with Crippen molar-refractivity contribution in [1.82, 2.24) is 30.9 Å². The standard InChI is InChI=1S/C27H42N6O12/c1-13(28-22(37)43-25(4,5)6)16(34)40-19-31-20(41-17(35)14(2)29-23(38)44-26(7,8)9)33-21(32-19)42-18(36)15(3)30-24(39)45-27(10,11)12/h13-15H,1-12H3,(H,28,37)(H,29,38)(H,30,39)/t13-,14-,15-/m0/s1. The highest BCUT2D eigenvalue weighted by Gasteiger charge is 2.28. The number of hydrogen-bond donors (Lipinski definition) is 3. The summed E-state index contributed by atoms with van der Waals surface area (Å²) < 4.78 is 30.5. The number of carbonyl (C=O) groups is 6. The van der Waals surface area contributed by atoms with Crippen LogP contribution in [0, 0.1) is 0 Å². The van der Waals surface area contributed by atoms with Crippen molar-refractivity contribution in [2.75, 3.05) is 0 Å². The van der Waals surface area contributed by atoms with Gasteiger partial charge in [-0.2, -0.15) is 0 Å². The lowest BCUT2D eigenvalue weighted by molar-refractivity contribution is -0.137. The molecule has 1 aromatic rings. The van der Waals surface area contributed by atoms with Crippen LogP contribution in [0.15, 0.2) is 0 Å². The normalized spacial score (nSPS) is 13.6. The number of carbonyl (C=O) groups excluding carboxylic acids is 6. The number of ether oxygens (including phenoxy) is 6. The molecule has 3 N–H and O–H groups in total. The van der Waals surface area contributed by atoms with E-state index in [0.717, 1.165) is 0 Å². The van der Waals surface area contributed by atoms with E-state index < -0.39 is 89.1 Å². The van der Waals surface area contributed by atoms with E-state index in [1.807, 2.05) is 0 Å². The Morgan fingerprint density at radius 1 is 0.467 bits per heavy atom. The fourth-order valence-electron chi connectivity index (χ4n) is 2.62. The van der Waals surface area contributed by atoms with Crippen LogP contribution in [0.3, 0.4) is 0 Å². The Hall–Kier alpha value is -4.77. The van der Waals surface area contributed by atoms with Crippen LogP contribution < -0.4 is 30.2 Å². The Balaban J connectivity index is 3.18. The summed E-state index contributed by atoms with van der Waals surface area (Å²) in [6.07, 6.45) is -2.74. The molecule has 0 bridgehead atoms. The van der Waals surface area contributed by atoms with Crippen LogP contribution in [0.4, 0.5) is 14.4 Å². The Morgan fingerprint density at radius 2 is 0.667 bits per heavy atom. The summed E-state index contributed by atoms with van der Waals surface area (Å²) in [5.41, 5.74) is -2.53. The third-order valence-electron chi connectivity index (χ3n) is 4.41. The molecule has 0 unspecified atom stereocenters. The van der Waals surface area contributed by atoms with Gasteiger partial charge in [0.15, 0.2) is 0 Å². The maximum Gasteiger partial charge on any atom is 0.408 e. The van der Waals surface area contributed by atoms with Crippen molar-refractivity contribution < 1.29 is 57.2 Å². The molecule has 0 radical (unpaired) electrons. The topological polar surface area (TPSA) is 233 Å². The molecular weight excluding hydrogens is 600 g/mol. The summed E-state index contributed by atoms with van der Waals surface area (Å²) in [5.74, 6) is -3.25. The summed E-state index contributed by atoms with van der Waals surface area (Å²) in [7, 11) is 0. The lowest BCUT2D eigenvalue weighted by Crippen LogP contribution is -2.44. The van der Waals surface area contributed by atoms with E-state index in [1.165, 1.54) is 20.8 Å². The van der Waals surface area contributed by atoms with Gasteiger partial charge in [0.05, 0.1) is 0 Å². The highest BCUT2D eigenvalue weighted by atomic mass is 16.6. The summed E-state index contributed by atoms with van der Waals surface area (Å²) in [4.78, 5) is 85.2. The zero-order valence-corrected chi connectivity index (χ0v) is 27.5. The molecule has 1 aromatic heterocycles. The summed E-state index contributed by atoms with van der Waals surface area (Å²) in [5, 5.41) is 6.80. The predicted molar refractivity (Wildman–Crippen MR) is 153 cm³/mol. The molecule has 0 saturated heterocycles. The molecule has 0 aromatic carbocycles. The molecule has 3 amide bonds. The minimum absolute atomic E-state index is 0.793. The van der Waals surface area contributed by atoms with Crippen LogP contribution in [0.1, 0.15) is 83.1 Å². The van der Waals surface area contributed by atoms with Gasteiger partial charge in [0.2, 0.25) is 0 Å². The van der Waals surface area contributed by atoms with Gasteiger partial charge in [0.25, 0.3) is 0 Å². The van der Waals surface area contributed by atoms with E-state index in [1.54, 1.807) is 62.3 Å². The predicted octanol–water partition coefficient (Wildman–Crippen LogP) is 2.33. The van der Waals surface area contributed by atoms with Crippen LogP contribution >= 0.6 is 0 Å². The summed E-state index contributed by atoms with van der Waals surface area (Å²) >= 11 is 0. The Labute approximate surface area is 260 Å². The first kappa shape index (κ1) is 38.3. The third-order valence-corrected chi connectivity index (χ3v) is 4.41. The van der Waals surface area contributed by atoms with Crippen LogP contribution in [0.2, 0.25) is 0 Å². The molecular formula is C27H42N6O12. The van der Waals surface area contributed by atoms with Gasteiger partial charge in [-0.15, -0.1) is 15.0 Å². The quantitative estimate of drug-likeness (QED) is 0.259. The lowest BCUT2D eigenvalue weighted by atomic mass is 10.2. The minimum Gasteiger partial charge on any atom is -0.444 e. The van der Waals surface area contributed by atoms with Gasteiger partial charge < -0.3 is 44.4 Å². The van der Waals surface area contributed by atoms with Crippen LogP contribution in [0.25, 0.3) is 0 Å². The molecule has 0 aliphatic carbocycles. The van der Waals surface area contributed by atoms with Gasteiger partial charge in [0, 0.05) is 0 Å². The summed E-state index contributed by atoms with van der Waals surface area (Å²) in [6.45, 7) is 18.5. The molecule has 0 fully saturated rings. The lowest BCUT2D eigenvalue weighted by Gasteiger charge is -2.21. The van der Waals surface area contributed by atoms with E-state index in [-0.39, 0.29) is 0 Å². The monoisotopic (exact) mass is 642 g/mol. The average molecular weight is 643 g/mol. The third kappa shape index (κ3) is 16.0. The first-order chi connectivity index (χ1) is 20.3. The molecule has 0 aliphatic heterocycles. The van der Waals surface area contributed by atoms with Crippen molar-refractivity contribution in [1.29, 1.82) is 0 Å². The molecule has 18 heteroatoms. The Kier molecular flexibility index (Phi) is 13.0. The first-order valence-electron chi connectivity index (χ1n) is 13.7. The van der Waals surface area contributed by atoms with Crippen molar-refractivity contribution in [3.05, 3.63) is 0 Å². The van der Waals surface area contributed by atoms with E-state index in [0.29, 0.717) is 0 Å². The second kappa shape index (κ2) is 15.3. The van der Waals surface area contributed by atoms with E-state index >= 15 is 0 Å². The molecule has 1 heterocycles. The number of nitrogens with zero attached hydrogens (tertiary/aromatic N) is 3. The second-order valence-corrected chi connectivity index (χ2v) is 12.6. The number of rotatable bonds is 9. The minimum atomic E-state index is -1.27. The summed E-state index contributed by atoms with van der Waals surface area (Å²) in [6, 6.07) is -6.20. The van der Waals surface area contributed by atoms with Gasteiger partial charge in [-0.25, -0.2) is 28.8 Å². The van der Waals surface area contributed by atoms with Crippen LogP contribution in [-0.4, -0.2) is 86.1 Å². The second-order valence-electron chi connectivity index (χ2n) is 12.6. The number of alkyl carbamates (subject to hydrolysis) is 3. The fraction of sp³-hybridized carbons (Fsp3) is 0.667. The van der Waals surface area contributed by atoms with Crippen molar-refractivity contribution in [3.8, 4) is 18.0 Å². The number of hydrogen-bond acceptors (Lipinski definition) is 15. The molecule has 0 saturated carbocycles. The van der Waals surface area contributed by atoms with Crippen molar-refractivity contribution in [2.45, 2.75) is 118 Å². The largest absolute Gasteiger partial charge is 0.444 e. The molecule has 1 rings (SSSR count). The number of esters is 3. The molecule has 45 heavy (non-hydrogen) atoms. The number of aromatic nitrogens is 3. The highest BCUT2D eigenvalue weighted by Crippen LogP contribution is 2.17. The van der Waals surface area contributed by atoms with Gasteiger partial charge in [-0.1, -0.05) is 0 Å². The molecule has 0 aliphatic rings. The smallest absolute Gasteiger partial charge is 0.408 e. The maximum absolute atomic E-state index is 12.6. The fourth-order valence-corrected chi connectivity index (χ4v) is 2.62. The number of amides is 3. The van der Waals surface area contributed by atoms with E-state index in [2.05, 4.69) is 30.9 Å². The van der Waals surface area contributed by atoms with Crippen molar-refractivity contribution in [2.24, 2.45) is 0 Å². The Morgan fingerprint density at radius 3 is 0.844 bits per heavy atom. The molecule has 18 nitrogen and oxygen atoms in total. The molecule has 252 valence electrons. The molecule has 3 atom stereocenters. The Bertz CT molecular complexity index is 1100. The van der Waals surface area contributed by atoms with Crippen molar-refractivity contribution in [3.63, 3.8) is 0 Å². The first-order valence-corrected chi connectivity index (χ1v) is 13.7. The maximum atomic E-state index is 12.6. The van der Waals surface area contributed by atoms with E-state index in [9.17, 15) is 28.8 Å². The van der Waals surface area contributed by atoms with Gasteiger partial charge in [0.1, 0.15) is 34.9 Å².